The third-order valence-electron chi connectivity index (χ3n) is 4.97. The molecule has 1 atom stereocenters. The average Bonchev–Trinajstić information content (AvgIpc) is 2.74. The number of piperazine rings is 1. The zero-order valence-corrected chi connectivity index (χ0v) is 16.4. The molecule has 1 unspecified atom stereocenters. The van der Waals surface area contributed by atoms with Crippen molar-refractivity contribution in [3.05, 3.63) is 88.3 Å². The van der Waals surface area contributed by atoms with E-state index in [9.17, 15) is 4.79 Å². The van der Waals surface area contributed by atoms with E-state index in [2.05, 4.69) is 26.3 Å². The summed E-state index contributed by atoms with van der Waals surface area (Å²) in [6, 6.07) is 17.2. The van der Waals surface area contributed by atoms with Gasteiger partial charge >= 0.3 is 0 Å². The highest BCUT2D eigenvalue weighted by Crippen LogP contribution is 2.24. The molecule has 5 nitrogen and oxygen atoms in total. The number of nitrogens with one attached hydrogen (secondary N) is 1. The fourth-order valence-corrected chi connectivity index (χ4v) is 3.69. The number of aryl methyl sites for hydroxylation is 1. The number of rotatable bonds is 4. The van der Waals surface area contributed by atoms with Gasteiger partial charge in [-0.25, -0.2) is 4.98 Å². The maximum Gasteiger partial charge on any atom is 0.213 e. The van der Waals surface area contributed by atoms with Crippen LogP contribution in [-0.4, -0.2) is 35.4 Å². The zero-order chi connectivity index (χ0) is 19.5. The number of hydrogen-bond acceptors (Lipinski definition) is 5. The summed E-state index contributed by atoms with van der Waals surface area (Å²) in [5.74, 6) is 0.704. The Balaban J connectivity index is 1.57. The van der Waals surface area contributed by atoms with Gasteiger partial charge in [0.2, 0.25) is 5.78 Å². The molecule has 1 fully saturated rings. The van der Waals surface area contributed by atoms with Gasteiger partial charge in [0.1, 0.15) is 11.5 Å². The molecule has 4 rings (SSSR count). The van der Waals surface area contributed by atoms with Gasteiger partial charge in [-0.1, -0.05) is 29.8 Å². The van der Waals surface area contributed by atoms with Gasteiger partial charge in [0.15, 0.2) is 0 Å². The summed E-state index contributed by atoms with van der Waals surface area (Å²) in [6.45, 7) is 4.26. The van der Waals surface area contributed by atoms with Crippen LogP contribution in [0, 0.1) is 6.92 Å². The maximum atomic E-state index is 12.9. The van der Waals surface area contributed by atoms with E-state index in [1.165, 1.54) is 0 Å². The van der Waals surface area contributed by atoms with Crippen molar-refractivity contribution in [1.29, 1.82) is 0 Å². The SMILES string of the molecule is Cc1ncccc1C(=O)c1cccc(N2CCNC(c3cccc(Cl)c3)C2)n1. The Morgan fingerprint density at radius 2 is 2.04 bits per heavy atom. The first-order valence-electron chi connectivity index (χ1n) is 9.29. The highest BCUT2D eigenvalue weighted by molar-refractivity contribution is 6.30. The molecule has 0 amide bonds. The molecule has 3 aromatic rings. The number of anilines is 1. The third-order valence-corrected chi connectivity index (χ3v) is 5.20. The van der Waals surface area contributed by atoms with E-state index in [1.54, 1.807) is 24.4 Å². The minimum absolute atomic E-state index is 0.103. The number of nitrogens with zero attached hydrogens (tertiary/aromatic N) is 3. The van der Waals surface area contributed by atoms with Crippen LogP contribution in [0.2, 0.25) is 5.02 Å². The van der Waals surface area contributed by atoms with E-state index in [0.717, 1.165) is 36.0 Å². The number of ketones is 1. The molecule has 1 N–H and O–H groups in total. The van der Waals surface area contributed by atoms with E-state index in [0.29, 0.717) is 17.0 Å². The second-order valence-electron chi connectivity index (χ2n) is 6.85. The molecule has 0 spiro atoms. The molecule has 0 aliphatic carbocycles. The Morgan fingerprint density at radius 1 is 1.18 bits per heavy atom. The van der Waals surface area contributed by atoms with Gasteiger partial charge in [-0.3, -0.25) is 9.78 Å². The average molecular weight is 393 g/mol. The molecule has 3 heterocycles. The van der Waals surface area contributed by atoms with Gasteiger partial charge < -0.3 is 10.2 Å². The van der Waals surface area contributed by atoms with Crippen LogP contribution in [0.4, 0.5) is 5.82 Å². The summed E-state index contributed by atoms with van der Waals surface area (Å²) in [4.78, 5) is 23.9. The van der Waals surface area contributed by atoms with Crippen molar-refractivity contribution in [3.8, 4) is 0 Å². The first-order valence-corrected chi connectivity index (χ1v) is 9.67. The minimum atomic E-state index is -0.103. The van der Waals surface area contributed by atoms with Crippen molar-refractivity contribution < 1.29 is 4.79 Å². The summed E-state index contributed by atoms with van der Waals surface area (Å²) in [7, 11) is 0. The molecule has 0 saturated carbocycles. The molecule has 0 bridgehead atoms. The first-order chi connectivity index (χ1) is 13.6. The normalized spacial score (nSPS) is 16.8. The predicted molar refractivity (Wildman–Crippen MR) is 111 cm³/mol. The van der Waals surface area contributed by atoms with Gasteiger partial charge in [0, 0.05) is 48.2 Å². The van der Waals surface area contributed by atoms with Crippen molar-refractivity contribution in [2.75, 3.05) is 24.5 Å². The lowest BCUT2D eigenvalue weighted by Crippen LogP contribution is -2.46. The number of halogens is 1. The molecular formula is C22H21ClN4O. The van der Waals surface area contributed by atoms with Crippen molar-refractivity contribution in [2.45, 2.75) is 13.0 Å². The van der Waals surface area contributed by atoms with Crippen LogP contribution in [0.25, 0.3) is 0 Å². The summed E-state index contributed by atoms with van der Waals surface area (Å²) < 4.78 is 0. The smallest absolute Gasteiger partial charge is 0.213 e. The fourth-order valence-electron chi connectivity index (χ4n) is 3.49. The van der Waals surface area contributed by atoms with Crippen LogP contribution in [0.1, 0.15) is 33.4 Å². The molecule has 0 radical (unpaired) electrons. The van der Waals surface area contributed by atoms with E-state index in [1.807, 2.05) is 37.3 Å². The molecule has 28 heavy (non-hydrogen) atoms. The molecule has 1 aliphatic rings. The van der Waals surface area contributed by atoms with E-state index >= 15 is 0 Å². The Hall–Kier alpha value is -2.76. The number of carbonyl (C=O) groups is 1. The Bertz CT molecular complexity index is 1010. The molecule has 142 valence electrons. The Kier molecular flexibility index (Phi) is 5.37. The zero-order valence-electron chi connectivity index (χ0n) is 15.6. The summed E-state index contributed by atoms with van der Waals surface area (Å²) in [5.41, 5.74) is 2.88. The highest BCUT2D eigenvalue weighted by atomic mass is 35.5. The van der Waals surface area contributed by atoms with Gasteiger partial charge in [-0.2, -0.15) is 0 Å². The van der Waals surface area contributed by atoms with Gasteiger partial charge in [0.05, 0.1) is 0 Å². The van der Waals surface area contributed by atoms with Crippen LogP contribution >= 0.6 is 11.6 Å². The van der Waals surface area contributed by atoms with Crippen molar-refractivity contribution in [1.82, 2.24) is 15.3 Å². The van der Waals surface area contributed by atoms with Crippen molar-refractivity contribution in [3.63, 3.8) is 0 Å². The number of pyridine rings is 2. The van der Waals surface area contributed by atoms with Crippen LogP contribution in [0.15, 0.2) is 60.8 Å². The maximum absolute atomic E-state index is 12.9. The predicted octanol–water partition coefficient (Wildman–Crippen LogP) is 3.82. The third kappa shape index (κ3) is 3.91. The largest absolute Gasteiger partial charge is 0.353 e. The van der Waals surface area contributed by atoms with Crippen LogP contribution in [0.3, 0.4) is 0 Å². The number of hydrogen-bond donors (Lipinski definition) is 1. The van der Waals surface area contributed by atoms with Crippen LogP contribution < -0.4 is 10.2 Å². The topological polar surface area (TPSA) is 58.1 Å². The standard InChI is InChI=1S/C22H21ClN4O/c1-15-18(7-4-10-24-15)22(28)19-8-3-9-21(26-19)27-12-11-25-20(14-27)16-5-2-6-17(23)13-16/h2-10,13,20,25H,11-12,14H2,1H3. The monoisotopic (exact) mass is 392 g/mol. The minimum Gasteiger partial charge on any atom is -0.353 e. The lowest BCUT2D eigenvalue weighted by molar-refractivity contribution is 0.103. The van der Waals surface area contributed by atoms with E-state index in [-0.39, 0.29) is 11.8 Å². The molecular weight excluding hydrogens is 372 g/mol. The van der Waals surface area contributed by atoms with Crippen molar-refractivity contribution >= 4 is 23.2 Å². The lowest BCUT2D eigenvalue weighted by atomic mass is 10.0. The van der Waals surface area contributed by atoms with Crippen LogP contribution in [0.5, 0.6) is 0 Å². The van der Waals surface area contributed by atoms with Gasteiger partial charge in [-0.05, 0) is 48.9 Å². The molecule has 1 aliphatic heterocycles. The van der Waals surface area contributed by atoms with E-state index in [4.69, 9.17) is 11.6 Å². The lowest BCUT2D eigenvalue weighted by Gasteiger charge is -2.35. The first kappa shape index (κ1) is 18.6. The Labute approximate surface area is 169 Å². The Morgan fingerprint density at radius 3 is 2.86 bits per heavy atom. The second kappa shape index (κ2) is 8.09. The molecule has 1 saturated heterocycles. The molecule has 6 heteroatoms. The van der Waals surface area contributed by atoms with Crippen LogP contribution in [-0.2, 0) is 0 Å². The summed E-state index contributed by atoms with van der Waals surface area (Å²) in [6.07, 6.45) is 1.69. The summed E-state index contributed by atoms with van der Waals surface area (Å²) in [5, 5.41) is 4.26. The highest BCUT2D eigenvalue weighted by Gasteiger charge is 2.23. The number of benzene rings is 1. The summed E-state index contributed by atoms with van der Waals surface area (Å²) >= 11 is 6.15. The van der Waals surface area contributed by atoms with E-state index < -0.39 is 0 Å². The number of aromatic nitrogens is 2. The fraction of sp³-hybridized carbons (Fsp3) is 0.227. The molecule has 2 aromatic heterocycles. The quantitative estimate of drug-likeness (QED) is 0.684. The molecule has 1 aromatic carbocycles. The van der Waals surface area contributed by atoms with Gasteiger partial charge in [0.25, 0.3) is 0 Å². The van der Waals surface area contributed by atoms with Gasteiger partial charge in [-0.15, -0.1) is 0 Å². The second-order valence-corrected chi connectivity index (χ2v) is 7.29. The number of carbonyl (C=O) groups excluding carboxylic acids is 1. The van der Waals surface area contributed by atoms with Crippen molar-refractivity contribution in [2.24, 2.45) is 0 Å².